The number of carbonyl (C=O) groups is 2. The van der Waals surface area contributed by atoms with E-state index in [2.05, 4.69) is 10.3 Å². The molecule has 1 amide bonds. The van der Waals surface area contributed by atoms with Crippen molar-refractivity contribution in [1.29, 1.82) is 0 Å². The summed E-state index contributed by atoms with van der Waals surface area (Å²) in [4.78, 5) is 31.5. The van der Waals surface area contributed by atoms with Gasteiger partial charge in [-0.1, -0.05) is 60.7 Å². The number of hydrogen-bond acceptors (Lipinski definition) is 4. The maximum atomic E-state index is 13.8. The first-order valence-corrected chi connectivity index (χ1v) is 10.4. The molecule has 32 heavy (non-hydrogen) atoms. The van der Waals surface area contributed by atoms with Crippen LogP contribution >= 0.6 is 0 Å². The van der Waals surface area contributed by atoms with Gasteiger partial charge in [0, 0.05) is 17.1 Å². The van der Waals surface area contributed by atoms with Gasteiger partial charge in [0.2, 0.25) is 0 Å². The Labute approximate surface area is 184 Å². The third kappa shape index (κ3) is 3.17. The largest absolute Gasteiger partial charge is 0.512 e. The smallest absolute Gasteiger partial charge is 0.256 e. The van der Waals surface area contributed by atoms with Crippen molar-refractivity contribution in [3.05, 3.63) is 108 Å². The molecule has 1 aliphatic heterocycles. The van der Waals surface area contributed by atoms with Crippen molar-refractivity contribution in [2.24, 2.45) is 0 Å². The second-order valence-electron chi connectivity index (χ2n) is 7.80. The molecular formula is C26H21N3O3. The number of nitrogens with one attached hydrogen (secondary N) is 1. The van der Waals surface area contributed by atoms with E-state index in [1.165, 1.54) is 4.57 Å². The van der Waals surface area contributed by atoms with Crippen LogP contribution in [0.3, 0.4) is 0 Å². The van der Waals surface area contributed by atoms with E-state index in [-0.39, 0.29) is 17.6 Å². The van der Waals surface area contributed by atoms with Gasteiger partial charge < -0.3 is 10.4 Å². The Hall–Kier alpha value is -4.19. The highest BCUT2D eigenvalue weighted by Crippen LogP contribution is 2.42. The van der Waals surface area contributed by atoms with E-state index >= 15 is 0 Å². The minimum Gasteiger partial charge on any atom is -0.512 e. The molecule has 0 spiro atoms. The van der Waals surface area contributed by atoms with E-state index in [9.17, 15) is 14.7 Å². The van der Waals surface area contributed by atoms with E-state index in [0.29, 0.717) is 28.0 Å². The van der Waals surface area contributed by atoms with Crippen LogP contribution in [0, 0.1) is 0 Å². The first-order valence-electron chi connectivity index (χ1n) is 10.4. The van der Waals surface area contributed by atoms with Crippen LogP contribution in [0.5, 0.6) is 0 Å². The van der Waals surface area contributed by atoms with Gasteiger partial charge in [0.25, 0.3) is 11.8 Å². The average molecular weight is 423 g/mol. The summed E-state index contributed by atoms with van der Waals surface area (Å²) in [5.41, 5.74) is 3.07. The highest BCUT2D eigenvalue weighted by molar-refractivity contribution is 6.05. The number of benzene rings is 3. The second-order valence-corrected chi connectivity index (χ2v) is 7.80. The van der Waals surface area contributed by atoms with Gasteiger partial charge in [-0.15, -0.1) is 0 Å². The highest BCUT2D eigenvalue weighted by Gasteiger charge is 2.43. The molecule has 0 radical (unpaired) electrons. The summed E-state index contributed by atoms with van der Waals surface area (Å²) in [7, 11) is 0. The summed E-state index contributed by atoms with van der Waals surface area (Å²) in [5, 5.41) is 13.7. The number of para-hydroxylation sites is 2. The van der Waals surface area contributed by atoms with E-state index in [1.807, 2.05) is 60.7 Å². The number of aliphatic hydroxyl groups excluding tert-OH is 1. The monoisotopic (exact) mass is 423 g/mol. The Morgan fingerprint density at radius 3 is 2.25 bits per heavy atom. The third-order valence-corrected chi connectivity index (χ3v) is 5.80. The van der Waals surface area contributed by atoms with Crippen molar-refractivity contribution in [1.82, 2.24) is 14.9 Å². The molecule has 4 aromatic rings. The van der Waals surface area contributed by atoms with Crippen LogP contribution in [0.25, 0.3) is 16.6 Å². The van der Waals surface area contributed by atoms with Crippen molar-refractivity contribution in [2.75, 3.05) is 0 Å². The van der Waals surface area contributed by atoms with Crippen molar-refractivity contribution in [3.8, 4) is 0 Å². The van der Waals surface area contributed by atoms with Crippen molar-refractivity contribution in [3.63, 3.8) is 0 Å². The summed E-state index contributed by atoms with van der Waals surface area (Å²) in [6.07, 6.45) is 0. The topological polar surface area (TPSA) is 84.2 Å². The van der Waals surface area contributed by atoms with Gasteiger partial charge in [0.05, 0.1) is 16.8 Å². The maximum absolute atomic E-state index is 13.8. The van der Waals surface area contributed by atoms with Crippen LogP contribution in [0.1, 0.15) is 39.4 Å². The quantitative estimate of drug-likeness (QED) is 0.473. The summed E-state index contributed by atoms with van der Waals surface area (Å²) in [6.45, 7) is 1.58. The molecule has 0 bridgehead atoms. The fourth-order valence-electron chi connectivity index (χ4n) is 4.38. The number of aromatic nitrogens is 2. The molecule has 158 valence electrons. The Morgan fingerprint density at radius 1 is 0.938 bits per heavy atom. The molecular weight excluding hydrogens is 402 g/mol. The molecule has 0 aliphatic carbocycles. The number of amides is 1. The van der Waals surface area contributed by atoms with Crippen LogP contribution < -0.4 is 5.32 Å². The number of nitrogens with zero attached hydrogens (tertiary/aromatic N) is 2. The Bertz CT molecular complexity index is 1350. The van der Waals surface area contributed by atoms with E-state index in [1.54, 1.807) is 31.2 Å². The van der Waals surface area contributed by atoms with Gasteiger partial charge in [-0.25, -0.2) is 4.98 Å². The number of aliphatic hydroxyl groups is 1. The molecule has 1 aliphatic rings. The molecule has 5 rings (SSSR count). The van der Waals surface area contributed by atoms with Gasteiger partial charge in [0.1, 0.15) is 11.9 Å². The molecule has 0 unspecified atom stereocenters. The second kappa shape index (κ2) is 7.81. The fraction of sp³-hybridized carbons (Fsp3) is 0.115. The van der Waals surface area contributed by atoms with Crippen molar-refractivity contribution in [2.45, 2.75) is 18.9 Å². The molecule has 2 atom stereocenters. The molecule has 0 saturated carbocycles. The van der Waals surface area contributed by atoms with Gasteiger partial charge >= 0.3 is 0 Å². The number of allylic oxidation sites excluding steroid dienone is 1. The predicted octanol–water partition coefficient (Wildman–Crippen LogP) is 4.56. The van der Waals surface area contributed by atoms with Gasteiger partial charge in [-0.05, 0) is 36.8 Å². The lowest BCUT2D eigenvalue weighted by Gasteiger charge is -2.34. The SMILES string of the molecule is CC(O)=C1c2nc3ccccc3n2C(=O)[C@H](NC(=O)c2ccccc2)[C@@H]1c1ccccc1. The minimum absolute atomic E-state index is 0.0573. The first kappa shape index (κ1) is 19.8. The zero-order valence-corrected chi connectivity index (χ0v) is 17.4. The van der Waals surface area contributed by atoms with Crippen LogP contribution in [-0.2, 0) is 0 Å². The molecule has 2 N–H and O–H groups in total. The zero-order chi connectivity index (χ0) is 22.2. The van der Waals surface area contributed by atoms with Crippen molar-refractivity contribution >= 4 is 28.4 Å². The Balaban J connectivity index is 1.72. The molecule has 6 heteroatoms. The zero-order valence-electron chi connectivity index (χ0n) is 17.4. The van der Waals surface area contributed by atoms with Crippen molar-refractivity contribution < 1.29 is 14.7 Å². The number of imidazole rings is 1. The number of carbonyl (C=O) groups excluding carboxylic acids is 2. The van der Waals surface area contributed by atoms with Gasteiger partial charge in [-0.3, -0.25) is 14.2 Å². The fourth-order valence-corrected chi connectivity index (χ4v) is 4.38. The summed E-state index contributed by atoms with van der Waals surface area (Å²) < 4.78 is 1.50. The predicted molar refractivity (Wildman–Crippen MR) is 122 cm³/mol. The minimum atomic E-state index is -0.924. The summed E-state index contributed by atoms with van der Waals surface area (Å²) >= 11 is 0. The van der Waals surface area contributed by atoms with E-state index in [0.717, 1.165) is 5.56 Å². The van der Waals surface area contributed by atoms with Crippen LogP contribution in [0.15, 0.2) is 90.7 Å². The van der Waals surface area contributed by atoms with Gasteiger partial charge in [-0.2, -0.15) is 0 Å². The third-order valence-electron chi connectivity index (χ3n) is 5.80. The van der Waals surface area contributed by atoms with Crippen LogP contribution in [-0.4, -0.2) is 32.5 Å². The average Bonchev–Trinajstić information content (AvgIpc) is 3.21. The van der Waals surface area contributed by atoms with Gasteiger partial charge in [0.15, 0.2) is 0 Å². The van der Waals surface area contributed by atoms with E-state index in [4.69, 9.17) is 0 Å². The van der Waals surface area contributed by atoms with E-state index < -0.39 is 12.0 Å². The Morgan fingerprint density at radius 2 is 1.56 bits per heavy atom. The van der Waals surface area contributed by atoms with Crippen LogP contribution in [0.2, 0.25) is 0 Å². The molecule has 6 nitrogen and oxygen atoms in total. The van der Waals surface area contributed by atoms with Crippen LogP contribution in [0.4, 0.5) is 0 Å². The molecule has 0 saturated heterocycles. The Kier molecular flexibility index (Phi) is 4.82. The lowest BCUT2D eigenvalue weighted by Crippen LogP contribution is -2.50. The lowest BCUT2D eigenvalue weighted by atomic mass is 9.80. The summed E-state index contributed by atoms with van der Waals surface area (Å²) in [6, 6.07) is 24.6. The first-order chi connectivity index (χ1) is 15.6. The molecule has 3 aromatic carbocycles. The lowest BCUT2D eigenvalue weighted by molar-refractivity contribution is 0.0790. The highest BCUT2D eigenvalue weighted by atomic mass is 16.3. The molecule has 1 aromatic heterocycles. The molecule has 2 heterocycles. The summed E-state index contributed by atoms with van der Waals surface area (Å²) in [5.74, 6) is -0.785. The molecule has 0 fully saturated rings. The standard InChI is InChI=1S/C26H21N3O3/c1-16(30)21-22(17-10-4-2-5-11-17)23(28-25(31)18-12-6-3-7-13-18)26(32)29-20-15-9-8-14-19(20)27-24(21)29/h2-15,22-23,30H,1H3,(H,28,31)/t22-,23-/m1/s1. The number of rotatable bonds is 3. The maximum Gasteiger partial charge on any atom is 0.256 e. The number of hydrogen-bond donors (Lipinski definition) is 2. The normalized spacial score (nSPS) is 19.5. The number of fused-ring (bicyclic) bond motifs is 3.